The molecule has 0 aromatic heterocycles. The van der Waals surface area contributed by atoms with Gasteiger partial charge in [0.1, 0.15) is 0 Å². The summed E-state index contributed by atoms with van der Waals surface area (Å²) in [7, 11) is 0. The van der Waals surface area contributed by atoms with E-state index in [-0.39, 0.29) is 5.60 Å². The maximum absolute atomic E-state index is 5.66. The summed E-state index contributed by atoms with van der Waals surface area (Å²) >= 11 is 0. The molecule has 2 nitrogen and oxygen atoms in total. The van der Waals surface area contributed by atoms with E-state index >= 15 is 0 Å². The summed E-state index contributed by atoms with van der Waals surface area (Å²) in [6, 6.07) is 0. The SMILES string of the molecule is CC1=NC2=CC=CC3CC23O1. The molecule has 0 N–H and O–H groups in total. The van der Waals surface area contributed by atoms with Gasteiger partial charge in [0.2, 0.25) is 0 Å². The van der Waals surface area contributed by atoms with E-state index in [4.69, 9.17) is 4.74 Å². The first-order valence-corrected chi connectivity index (χ1v) is 3.94. The van der Waals surface area contributed by atoms with Crippen molar-refractivity contribution in [1.29, 1.82) is 0 Å². The van der Waals surface area contributed by atoms with Crippen LogP contribution in [-0.4, -0.2) is 11.5 Å². The van der Waals surface area contributed by atoms with Crippen LogP contribution in [0.25, 0.3) is 0 Å². The van der Waals surface area contributed by atoms with Crippen LogP contribution in [0, 0.1) is 5.92 Å². The lowest BCUT2D eigenvalue weighted by Crippen LogP contribution is -2.15. The molecule has 0 radical (unpaired) electrons. The number of rotatable bonds is 0. The fourth-order valence-electron chi connectivity index (χ4n) is 1.97. The fraction of sp³-hybridized carbons (Fsp3) is 0.444. The molecular formula is C9H9NO. The number of ether oxygens (including phenoxy) is 1. The van der Waals surface area contributed by atoms with E-state index in [0.29, 0.717) is 5.92 Å². The molecule has 0 saturated heterocycles. The zero-order valence-electron chi connectivity index (χ0n) is 6.37. The first-order chi connectivity index (χ1) is 5.31. The van der Waals surface area contributed by atoms with E-state index in [2.05, 4.69) is 23.2 Å². The van der Waals surface area contributed by atoms with Crippen molar-refractivity contribution in [2.75, 3.05) is 0 Å². The van der Waals surface area contributed by atoms with Gasteiger partial charge < -0.3 is 4.74 Å². The Morgan fingerprint density at radius 3 is 3.45 bits per heavy atom. The average Bonchev–Trinajstić information content (AvgIpc) is 2.55. The average molecular weight is 147 g/mol. The summed E-state index contributed by atoms with van der Waals surface area (Å²) in [6.07, 6.45) is 7.46. The highest BCUT2D eigenvalue weighted by molar-refractivity contribution is 5.79. The highest BCUT2D eigenvalue weighted by Crippen LogP contribution is 2.57. The molecule has 0 bridgehead atoms. The molecule has 11 heavy (non-hydrogen) atoms. The van der Waals surface area contributed by atoms with E-state index in [0.717, 1.165) is 18.0 Å². The van der Waals surface area contributed by atoms with Gasteiger partial charge >= 0.3 is 0 Å². The van der Waals surface area contributed by atoms with E-state index < -0.39 is 0 Å². The molecule has 3 aliphatic rings. The maximum Gasteiger partial charge on any atom is 0.186 e. The first-order valence-electron chi connectivity index (χ1n) is 3.94. The largest absolute Gasteiger partial charge is 0.467 e. The second kappa shape index (κ2) is 1.42. The van der Waals surface area contributed by atoms with E-state index in [1.54, 1.807) is 0 Å². The lowest BCUT2D eigenvalue weighted by Gasteiger charge is -2.11. The molecule has 1 aliphatic heterocycles. The van der Waals surface area contributed by atoms with Crippen LogP contribution in [0.4, 0.5) is 0 Å². The highest BCUT2D eigenvalue weighted by atomic mass is 16.5. The van der Waals surface area contributed by atoms with Crippen LogP contribution < -0.4 is 0 Å². The van der Waals surface area contributed by atoms with Gasteiger partial charge in [-0.25, -0.2) is 4.99 Å². The Morgan fingerprint density at radius 2 is 2.64 bits per heavy atom. The summed E-state index contributed by atoms with van der Waals surface area (Å²) < 4.78 is 5.66. The fourth-order valence-corrected chi connectivity index (χ4v) is 1.97. The van der Waals surface area contributed by atoms with Gasteiger partial charge in [-0.15, -0.1) is 0 Å². The Bertz CT molecular complexity index is 314. The first kappa shape index (κ1) is 5.58. The molecular weight excluding hydrogens is 138 g/mol. The zero-order valence-corrected chi connectivity index (χ0v) is 6.37. The third-order valence-electron chi connectivity index (χ3n) is 2.60. The molecule has 2 heteroatoms. The summed E-state index contributed by atoms with van der Waals surface area (Å²) in [5.74, 6) is 1.42. The number of aliphatic imine (C=N–C) groups is 1. The second-order valence-electron chi connectivity index (χ2n) is 3.37. The predicted octanol–water partition coefficient (Wildman–Crippen LogP) is 1.65. The van der Waals surface area contributed by atoms with Crippen molar-refractivity contribution in [3.05, 3.63) is 23.9 Å². The van der Waals surface area contributed by atoms with Crippen molar-refractivity contribution in [2.45, 2.75) is 18.9 Å². The lowest BCUT2D eigenvalue weighted by atomic mass is 10.1. The molecule has 1 spiro atoms. The van der Waals surface area contributed by atoms with Crippen molar-refractivity contribution in [2.24, 2.45) is 10.9 Å². The summed E-state index contributed by atoms with van der Waals surface area (Å²) in [5, 5.41) is 0. The minimum atomic E-state index is -0.00116. The van der Waals surface area contributed by atoms with E-state index in [9.17, 15) is 0 Å². The quantitative estimate of drug-likeness (QED) is 0.510. The third-order valence-corrected chi connectivity index (χ3v) is 2.60. The van der Waals surface area contributed by atoms with Gasteiger partial charge in [-0.05, 0) is 6.08 Å². The smallest absolute Gasteiger partial charge is 0.186 e. The Hall–Kier alpha value is -1.05. The topological polar surface area (TPSA) is 21.6 Å². The molecule has 2 aliphatic carbocycles. The van der Waals surface area contributed by atoms with Gasteiger partial charge in [0.25, 0.3) is 0 Å². The van der Waals surface area contributed by atoms with Crippen molar-refractivity contribution >= 4 is 5.90 Å². The Morgan fingerprint density at radius 1 is 1.73 bits per heavy atom. The normalized spacial score (nSPS) is 43.5. The summed E-state index contributed by atoms with van der Waals surface area (Å²) in [4.78, 5) is 4.33. The number of hydrogen-bond acceptors (Lipinski definition) is 2. The second-order valence-corrected chi connectivity index (χ2v) is 3.37. The zero-order chi connectivity index (χ0) is 7.47. The van der Waals surface area contributed by atoms with Gasteiger partial charge in [-0.3, -0.25) is 0 Å². The lowest BCUT2D eigenvalue weighted by molar-refractivity contribution is 0.209. The molecule has 0 aromatic carbocycles. The minimum Gasteiger partial charge on any atom is -0.467 e. The number of hydrogen-bond donors (Lipinski definition) is 0. The molecule has 1 saturated carbocycles. The molecule has 2 atom stereocenters. The number of allylic oxidation sites excluding steroid dienone is 2. The Balaban J connectivity index is 2.13. The van der Waals surface area contributed by atoms with Gasteiger partial charge in [-0.1, -0.05) is 12.2 Å². The molecule has 56 valence electrons. The monoisotopic (exact) mass is 147 g/mol. The van der Waals surface area contributed by atoms with Crippen LogP contribution in [0.1, 0.15) is 13.3 Å². The molecule has 1 heterocycles. The van der Waals surface area contributed by atoms with Crippen molar-refractivity contribution in [3.8, 4) is 0 Å². The molecule has 0 amide bonds. The van der Waals surface area contributed by atoms with Gasteiger partial charge in [0.15, 0.2) is 11.5 Å². The molecule has 0 aromatic rings. The molecule has 3 rings (SSSR count). The predicted molar refractivity (Wildman–Crippen MR) is 42.3 cm³/mol. The van der Waals surface area contributed by atoms with Crippen LogP contribution in [0.15, 0.2) is 28.9 Å². The van der Waals surface area contributed by atoms with Crippen LogP contribution in [0.2, 0.25) is 0 Å². The van der Waals surface area contributed by atoms with Gasteiger partial charge in [0, 0.05) is 19.3 Å². The van der Waals surface area contributed by atoms with Crippen LogP contribution in [-0.2, 0) is 4.74 Å². The van der Waals surface area contributed by atoms with Gasteiger partial charge in [-0.2, -0.15) is 0 Å². The molecule has 2 unspecified atom stereocenters. The van der Waals surface area contributed by atoms with Crippen LogP contribution in [0.5, 0.6) is 0 Å². The highest BCUT2D eigenvalue weighted by Gasteiger charge is 2.62. The van der Waals surface area contributed by atoms with Crippen molar-refractivity contribution < 1.29 is 4.74 Å². The summed E-state index contributed by atoms with van der Waals surface area (Å²) in [5.41, 5.74) is 1.13. The van der Waals surface area contributed by atoms with Crippen molar-refractivity contribution in [3.63, 3.8) is 0 Å². The Labute approximate surface area is 65.3 Å². The van der Waals surface area contributed by atoms with E-state index in [1.165, 1.54) is 0 Å². The van der Waals surface area contributed by atoms with Gasteiger partial charge in [0.05, 0.1) is 5.70 Å². The third kappa shape index (κ3) is 0.516. The Kier molecular flexibility index (Phi) is 0.721. The minimum absolute atomic E-state index is 0.00116. The standard InChI is InChI=1S/C9H9NO/c1-6-10-8-4-2-3-7-5-9(7,8)11-6/h2-4,7H,5H2,1H3. The molecule has 1 fully saturated rings. The summed E-state index contributed by atoms with van der Waals surface area (Å²) in [6.45, 7) is 1.92. The van der Waals surface area contributed by atoms with Crippen molar-refractivity contribution in [1.82, 2.24) is 0 Å². The van der Waals surface area contributed by atoms with E-state index in [1.807, 2.05) is 6.92 Å². The maximum atomic E-state index is 5.66. The van der Waals surface area contributed by atoms with Crippen LogP contribution in [0.3, 0.4) is 0 Å². The van der Waals surface area contributed by atoms with Crippen LogP contribution >= 0.6 is 0 Å². The number of nitrogens with zero attached hydrogens (tertiary/aromatic N) is 1.